The molecule has 1 aromatic heterocycles. The van der Waals surface area contributed by atoms with Gasteiger partial charge in [0.2, 0.25) is 5.91 Å². The van der Waals surface area contributed by atoms with Crippen LogP contribution in [0.3, 0.4) is 0 Å². The number of likely N-dealkylation sites (N-methyl/N-ethyl adjacent to an activating group) is 1. The van der Waals surface area contributed by atoms with Crippen LogP contribution in [-0.4, -0.2) is 24.2 Å². The summed E-state index contributed by atoms with van der Waals surface area (Å²) in [6.07, 6.45) is 5.76. The standard InChI is InChI=1S/C14H22N2O2S/c1-16-14(13(15)17)7-2-4-11(14)6-9-19-10-12-5-3-8-18-12/h3,5,8,11,16H,2,4,6-7,9-10H2,1H3,(H2,15,17). The minimum absolute atomic E-state index is 0.200. The molecular formula is C14H22N2O2S. The summed E-state index contributed by atoms with van der Waals surface area (Å²) in [6.45, 7) is 0. The van der Waals surface area contributed by atoms with E-state index < -0.39 is 5.54 Å². The molecule has 1 amide bonds. The van der Waals surface area contributed by atoms with Gasteiger partial charge in [-0.25, -0.2) is 0 Å². The van der Waals surface area contributed by atoms with E-state index in [0.717, 1.165) is 42.9 Å². The van der Waals surface area contributed by atoms with E-state index in [1.54, 1.807) is 6.26 Å². The molecule has 0 bridgehead atoms. The van der Waals surface area contributed by atoms with E-state index in [2.05, 4.69) is 5.32 Å². The zero-order chi connectivity index (χ0) is 13.7. The highest BCUT2D eigenvalue weighted by Gasteiger charge is 2.45. The Kier molecular flexibility index (Phi) is 4.93. The van der Waals surface area contributed by atoms with Gasteiger partial charge in [0.05, 0.1) is 12.0 Å². The summed E-state index contributed by atoms with van der Waals surface area (Å²) < 4.78 is 5.30. The number of carbonyl (C=O) groups is 1. The van der Waals surface area contributed by atoms with Crippen LogP contribution < -0.4 is 11.1 Å². The Balaban J connectivity index is 1.80. The number of rotatable bonds is 7. The van der Waals surface area contributed by atoms with Crippen molar-refractivity contribution in [2.45, 2.75) is 37.0 Å². The zero-order valence-corrected chi connectivity index (χ0v) is 12.2. The van der Waals surface area contributed by atoms with Crippen LogP contribution in [0.4, 0.5) is 0 Å². The summed E-state index contributed by atoms with van der Waals surface area (Å²) in [5, 5.41) is 3.18. The number of furan rings is 1. The molecule has 0 aromatic carbocycles. The lowest BCUT2D eigenvalue weighted by atomic mass is 9.84. The summed E-state index contributed by atoms with van der Waals surface area (Å²) >= 11 is 1.85. The molecule has 2 atom stereocenters. The van der Waals surface area contributed by atoms with E-state index in [9.17, 15) is 4.79 Å². The summed E-state index contributed by atoms with van der Waals surface area (Å²) in [7, 11) is 1.85. The van der Waals surface area contributed by atoms with Gasteiger partial charge in [-0.05, 0) is 50.1 Å². The lowest BCUT2D eigenvalue weighted by Crippen LogP contribution is -2.56. The second-order valence-electron chi connectivity index (χ2n) is 5.10. The van der Waals surface area contributed by atoms with Crippen LogP contribution in [0.2, 0.25) is 0 Å². The first-order valence-electron chi connectivity index (χ1n) is 6.78. The summed E-state index contributed by atoms with van der Waals surface area (Å²) in [5.74, 6) is 3.09. The molecule has 4 nitrogen and oxygen atoms in total. The van der Waals surface area contributed by atoms with Gasteiger partial charge in [-0.1, -0.05) is 6.42 Å². The highest BCUT2D eigenvalue weighted by atomic mass is 32.2. The SMILES string of the molecule is CNC1(C(N)=O)CCCC1CCSCc1ccco1. The molecule has 3 N–H and O–H groups in total. The predicted octanol–water partition coefficient (Wildman–Crippen LogP) is 2.15. The van der Waals surface area contributed by atoms with Gasteiger partial charge in [0.25, 0.3) is 0 Å². The number of thioether (sulfide) groups is 1. The molecule has 1 fully saturated rings. The first-order valence-corrected chi connectivity index (χ1v) is 7.93. The Bertz CT molecular complexity index is 408. The van der Waals surface area contributed by atoms with E-state index in [0.29, 0.717) is 5.92 Å². The van der Waals surface area contributed by atoms with Crippen LogP contribution in [0, 0.1) is 5.92 Å². The largest absolute Gasteiger partial charge is 0.468 e. The van der Waals surface area contributed by atoms with Gasteiger partial charge in [0, 0.05) is 0 Å². The van der Waals surface area contributed by atoms with E-state index in [-0.39, 0.29) is 5.91 Å². The molecule has 19 heavy (non-hydrogen) atoms. The number of hydrogen-bond acceptors (Lipinski definition) is 4. The molecule has 106 valence electrons. The Labute approximate surface area is 118 Å². The molecule has 0 radical (unpaired) electrons. The van der Waals surface area contributed by atoms with Crippen molar-refractivity contribution in [3.05, 3.63) is 24.2 Å². The average molecular weight is 282 g/mol. The molecular weight excluding hydrogens is 260 g/mol. The normalized spacial score (nSPS) is 26.7. The molecule has 2 unspecified atom stereocenters. The van der Waals surface area contributed by atoms with Crippen molar-refractivity contribution in [2.75, 3.05) is 12.8 Å². The number of carbonyl (C=O) groups excluding carboxylic acids is 1. The van der Waals surface area contributed by atoms with Gasteiger partial charge < -0.3 is 15.5 Å². The summed E-state index contributed by atoms with van der Waals surface area (Å²) in [4.78, 5) is 11.7. The monoisotopic (exact) mass is 282 g/mol. The van der Waals surface area contributed by atoms with E-state index in [1.807, 2.05) is 30.9 Å². The van der Waals surface area contributed by atoms with Gasteiger partial charge >= 0.3 is 0 Å². The molecule has 2 rings (SSSR count). The van der Waals surface area contributed by atoms with Crippen molar-refractivity contribution in [2.24, 2.45) is 11.7 Å². The molecule has 1 aromatic rings. The van der Waals surface area contributed by atoms with Gasteiger partial charge in [-0.15, -0.1) is 0 Å². The zero-order valence-electron chi connectivity index (χ0n) is 11.4. The fraction of sp³-hybridized carbons (Fsp3) is 0.643. The van der Waals surface area contributed by atoms with E-state index in [1.165, 1.54) is 0 Å². The Morgan fingerprint density at radius 2 is 2.53 bits per heavy atom. The second kappa shape index (κ2) is 6.48. The molecule has 0 aliphatic heterocycles. The van der Waals surface area contributed by atoms with Crippen LogP contribution in [0.25, 0.3) is 0 Å². The van der Waals surface area contributed by atoms with Crippen LogP contribution in [0.1, 0.15) is 31.4 Å². The number of amides is 1. The van der Waals surface area contributed by atoms with Crippen LogP contribution in [0.15, 0.2) is 22.8 Å². The Hall–Kier alpha value is -0.940. The molecule has 1 aliphatic rings. The first kappa shape index (κ1) is 14.5. The van der Waals surface area contributed by atoms with Crippen molar-refractivity contribution in [3.63, 3.8) is 0 Å². The van der Waals surface area contributed by atoms with Crippen molar-refractivity contribution in [1.82, 2.24) is 5.32 Å². The molecule has 1 heterocycles. The van der Waals surface area contributed by atoms with E-state index in [4.69, 9.17) is 10.2 Å². The quantitative estimate of drug-likeness (QED) is 0.752. The maximum absolute atomic E-state index is 11.7. The topological polar surface area (TPSA) is 68.3 Å². The van der Waals surface area contributed by atoms with Gasteiger partial charge in [-0.2, -0.15) is 11.8 Å². The average Bonchev–Trinajstić information content (AvgIpc) is 3.04. The van der Waals surface area contributed by atoms with Gasteiger partial charge in [-0.3, -0.25) is 4.79 Å². The van der Waals surface area contributed by atoms with Crippen molar-refractivity contribution >= 4 is 17.7 Å². The van der Waals surface area contributed by atoms with Crippen molar-refractivity contribution in [1.29, 1.82) is 0 Å². The van der Waals surface area contributed by atoms with Gasteiger partial charge in [0.15, 0.2) is 0 Å². The number of nitrogens with one attached hydrogen (secondary N) is 1. The molecule has 1 aliphatic carbocycles. The maximum atomic E-state index is 11.7. The first-order chi connectivity index (χ1) is 9.19. The van der Waals surface area contributed by atoms with Crippen molar-refractivity contribution in [3.8, 4) is 0 Å². The number of hydrogen-bond donors (Lipinski definition) is 2. The third-order valence-corrected chi connectivity index (χ3v) is 5.15. The third kappa shape index (κ3) is 3.15. The highest BCUT2D eigenvalue weighted by molar-refractivity contribution is 7.98. The summed E-state index contributed by atoms with van der Waals surface area (Å²) in [6, 6.07) is 3.90. The van der Waals surface area contributed by atoms with Crippen molar-refractivity contribution < 1.29 is 9.21 Å². The maximum Gasteiger partial charge on any atom is 0.238 e. The fourth-order valence-corrected chi connectivity index (χ4v) is 4.00. The number of nitrogens with two attached hydrogens (primary N) is 1. The summed E-state index contributed by atoms with van der Waals surface area (Å²) in [5.41, 5.74) is 5.11. The van der Waals surface area contributed by atoms with Crippen LogP contribution in [0.5, 0.6) is 0 Å². The molecule has 1 saturated carbocycles. The minimum Gasteiger partial charge on any atom is -0.468 e. The highest BCUT2D eigenvalue weighted by Crippen LogP contribution is 2.38. The predicted molar refractivity (Wildman–Crippen MR) is 77.8 cm³/mol. The Morgan fingerprint density at radius 3 is 3.16 bits per heavy atom. The third-order valence-electron chi connectivity index (χ3n) is 4.14. The van der Waals surface area contributed by atoms with E-state index >= 15 is 0 Å². The lowest BCUT2D eigenvalue weighted by molar-refractivity contribution is -0.125. The fourth-order valence-electron chi connectivity index (χ4n) is 3.04. The minimum atomic E-state index is -0.481. The molecule has 5 heteroatoms. The second-order valence-corrected chi connectivity index (χ2v) is 6.20. The lowest BCUT2D eigenvalue weighted by Gasteiger charge is -2.32. The van der Waals surface area contributed by atoms with Crippen LogP contribution >= 0.6 is 11.8 Å². The van der Waals surface area contributed by atoms with Gasteiger partial charge in [0.1, 0.15) is 11.3 Å². The smallest absolute Gasteiger partial charge is 0.238 e. The number of primary amides is 1. The molecule has 0 saturated heterocycles. The molecule has 0 spiro atoms. The Morgan fingerprint density at radius 1 is 1.68 bits per heavy atom. The van der Waals surface area contributed by atoms with Crippen LogP contribution in [-0.2, 0) is 10.5 Å².